The van der Waals surface area contributed by atoms with Gasteiger partial charge in [0.25, 0.3) is 0 Å². The van der Waals surface area contributed by atoms with Gasteiger partial charge in [-0.25, -0.2) is 14.8 Å². The second-order valence-corrected chi connectivity index (χ2v) is 13.8. The van der Waals surface area contributed by atoms with Gasteiger partial charge in [-0.15, -0.1) is 22.7 Å². The van der Waals surface area contributed by atoms with Crippen molar-refractivity contribution in [3.8, 4) is 39.2 Å². The van der Waals surface area contributed by atoms with E-state index in [9.17, 15) is 14.7 Å². The van der Waals surface area contributed by atoms with Crippen molar-refractivity contribution in [1.82, 2.24) is 39.2 Å². The van der Waals surface area contributed by atoms with Crippen LogP contribution in [0.2, 0.25) is 0 Å². The van der Waals surface area contributed by atoms with Crippen molar-refractivity contribution in [3.05, 3.63) is 91.0 Å². The molecule has 2 aliphatic rings. The molecule has 0 bridgehead atoms. The Balaban J connectivity index is 0.000000149. The number of hydrogen-bond acceptors (Lipinski definition) is 13. The van der Waals surface area contributed by atoms with Crippen molar-refractivity contribution in [2.75, 3.05) is 5.32 Å². The number of H-pyrrole nitrogens is 2. The normalized spacial score (nSPS) is 14.8. The average molecular weight is 701 g/mol. The molecule has 4 N–H and O–H groups in total. The summed E-state index contributed by atoms with van der Waals surface area (Å²) in [5.41, 5.74) is 3.40. The van der Waals surface area contributed by atoms with Crippen molar-refractivity contribution >= 4 is 52.1 Å². The highest BCUT2D eigenvalue weighted by Crippen LogP contribution is 2.32. The van der Waals surface area contributed by atoms with Gasteiger partial charge in [-0.1, -0.05) is 0 Å². The van der Waals surface area contributed by atoms with Gasteiger partial charge in [0, 0.05) is 23.4 Å². The first-order chi connectivity index (χ1) is 24.4. The highest BCUT2D eigenvalue weighted by Gasteiger charge is 2.24. The van der Waals surface area contributed by atoms with Gasteiger partial charge >= 0.3 is 5.69 Å². The predicted octanol–water partition coefficient (Wildman–Crippen LogP) is 3.38. The Labute approximate surface area is 289 Å². The third-order valence-corrected chi connectivity index (χ3v) is 9.89. The van der Waals surface area contributed by atoms with Crippen LogP contribution in [0.3, 0.4) is 0 Å². The van der Waals surface area contributed by atoms with Gasteiger partial charge in [0.15, 0.2) is 23.1 Å². The Kier molecular flexibility index (Phi) is 7.75. The molecule has 7 aromatic heterocycles. The molecule has 246 valence electrons. The average Bonchev–Trinajstić information content (AvgIpc) is 3.76. The van der Waals surface area contributed by atoms with E-state index in [-0.39, 0.29) is 17.6 Å². The number of rotatable bonds is 7. The van der Waals surface area contributed by atoms with E-state index >= 15 is 0 Å². The Morgan fingerprint density at radius 2 is 1.60 bits per heavy atom. The summed E-state index contributed by atoms with van der Waals surface area (Å²) in [6.45, 7) is 0. The van der Waals surface area contributed by atoms with Crippen LogP contribution in [0.1, 0.15) is 51.5 Å². The van der Waals surface area contributed by atoms with Crippen LogP contribution in [0.5, 0.6) is 5.88 Å². The number of hydrogen-bond donors (Lipinski definition) is 4. The number of imidazole rings is 1. The lowest BCUT2D eigenvalue weighted by molar-refractivity contribution is 0.112. The summed E-state index contributed by atoms with van der Waals surface area (Å²) in [5.74, 6) is 0.572. The molecule has 0 radical (unpaired) electrons. The summed E-state index contributed by atoms with van der Waals surface area (Å²) in [6.07, 6.45) is 9.86. The van der Waals surface area contributed by atoms with Gasteiger partial charge in [-0.3, -0.25) is 14.8 Å². The number of aldehydes is 1. The van der Waals surface area contributed by atoms with Crippen molar-refractivity contribution < 1.29 is 9.90 Å². The first kappa shape index (κ1) is 30.9. The first-order valence-electron chi connectivity index (χ1n) is 15.5. The number of aromatic nitrogens is 8. The zero-order chi connectivity index (χ0) is 34.4. The maximum Gasteiger partial charge on any atom is 0.326 e. The second kappa shape index (κ2) is 12.5. The van der Waals surface area contributed by atoms with Crippen LogP contribution in [0.4, 0.5) is 5.82 Å². The highest BCUT2D eigenvalue weighted by atomic mass is 32.1. The third kappa shape index (κ3) is 6.14. The summed E-state index contributed by atoms with van der Waals surface area (Å²) < 4.78 is 3.30. The van der Waals surface area contributed by atoms with E-state index in [0.29, 0.717) is 49.1 Å². The highest BCUT2D eigenvalue weighted by molar-refractivity contribution is 7.16. The molecule has 17 heteroatoms. The fourth-order valence-electron chi connectivity index (χ4n) is 5.12. The summed E-state index contributed by atoms with van der Waals surface area (Å²) >= 11 is 2.74. The summed E-state index contributed by atoms with van der Waals surface area (Å²) in [5, 5.41) is 40.6. The largest absolute Gasteiger partial charge is 0.493 e. The molecule has 50 heavy (non-hydrogen) atoms. The van der Waals surface area contributed by atoms with Crippen LogP contribution in [0.15, 0.2) is 58.6 Å². The minimum Gasteiger partial charge on any atom is -0.493 e. The molecule has 15 nitrogen and oxygen atoms in total. The molecule has 2 saturated carbocycles. The smallest absolute Gasteiger partial charge is 0.326 e. The molecule has 0 spiro atoms. The molecular formula is C33H24N12O3S2. The number of carbonyl (C=O) groups excluding carboxylic acids is 1. The Morgan fingerprint density at radius 3 is 2.20 bits per heavy atom. The van der Waals surface area contributed by atoms with E-state index in [1.54, 1.807) is 33.4 Å². The Morgan fingerprint density at radius 1 is 0.920 bits per heavy atom. The van der Waals surface area contributed by atoms with Gasteiger partial charge in [0.1, 0.15) is 33.4 Å². The molecule has 0 atom stereocenters. The number of nitriles is 2. The minimum atomic E-state index is -0.499. The number of fused-ring (bicyclic) bond motifs is 2. The van der Waals surface area contributed by atoms with Crippen LogP contribution in [-0.2, 0) is 0 Å². The number of aromatic amines is 2. The maximum absolute atomic E-state index is 11.4. The summed E-state index contributed by atoms with van der Waals surface area (Å²) in [4.78, 5) is 44.3. The van der Waals surface area contributed by atoms with E-state index in [2.05, 4.69) is 42.6 Å². The van der Waals surface area contributed by atoms with E-state index in [0.717, 1.165) is 53.2 Å². The quantitative estimate of drug-likeness (QED) is 0.178. The first-order valence-corrected chi connectivity index (χ1v) is 17.1. The van der Waals surface area contributed by atoms with Gasteiger partial charge in [0.05, 0.1) is 45.1 Å². The SMILES string of the molecule is N#Cc1ccc(-c2cc(=NC3CC3)n3ncc(=Cc4[nH]c(=O)[nH]c4O)c3n2)s1.N#Cc1ccc(-c2cc(NC3CC3)n3ncc(C=O)c3n2)s1. The van der Waals surface area contributed by atoms with Crippen LogP contribution in [-0.4, -0.2) is 62.6 Å². The zero-order valence-corrected chi connectivity index (χ0v) is 27.5. The second-order valence-electron chi connectivity index (χ2n) is 11.6. The molecule has 0 saturated heterocycles. The number of carbonyl (C=O) groups is 1. The van der Waals surface area contributed by atoms with Gasteiger partial charge in [-0.2, -0.15) is 29.8 Å². The number of anilines is 1. The topological polar surface area (TPSA) is 218 Å². The van der Waals surface area contributed by atoms with Crippen LogP contribution >= 0.6 is 22.7 Å². The lowest BCUT2D eigenvalue weighted by Gasteiger charge is -2.09. The van der Waals surface area contributed by atoms with Gasteiger partial charge < -0.3 is 15.4 Å². The molecular weight excluding hydrogens is 677 g/mol. The van der Waals surface area contributed by atoms with E-state index in [1.165, 1.54) is 28.9 Å². The van der Waals surface area contributed by atoms with Crippen molar-refractivity contribution in [3.63, 3.8) is 0 Å². The van der Waals surface area contributed by atoms with Crippen molar-refractivity contribution in [2.24, 2.45) is 4.99 Å². The molecule has 7 heterocycles. The molecule has 7 aromatic rings. The molecule has 2 fully saturated rings. The molecule has 0 amide bonds. The summed E-state index contributed by atoms with van der Waals surface area (Å²) in [6, 6.07) is 16.1. The van der Waals surface area contributed by atoms with Gasteiger partial charge in [-0.05, 0) is 56.0 Å². The Hall–Kier alpha value is -6.43. The minimum absolute atomic E-state index is 0.246. The van der Waals surface area contributed by atoms with Gasteiger partial charge in [0.2, 0.25) is 5.88 Å². The fraction of sp³-hybridized carbons (Fsp3) is 0.182. The van der Waals surface area contributed by atoms with E-state index < -0.39 is 5.69 Å². The number of nitrogens with zero attached hydrogens (tertiary/aromatic N) is 9. The fourth-order valence-corrected chi connectivity index (χ4v) is 6.65. The lowest BCUT2D eigenvalue weighted by atomic mass is 10.3. The molecule has 0 aliphatic heterocycles. The van der Waals surface area contributed by atoms with Crippen molar-refractivity contribution in [2.45, 2.75) is 37.8 Å². The van der Waals surface area contributed by atoms with Crippen LogP contribution in [0.25, 0.3) is 38.5 Å². The van der Waals surface area contributed by atoms with E-state index in [1.807, 2.05) is 24.3 Å². The Bertz CT molecular complexity index is 2710. The third-order valence-electron chi connectivity index (χ3n) is 7.87. The maximum atomic E-state index is 11.4. The lowest BCUT2D eigenvalue weighted by Crippen LogP contribution is -2.19. The zero-order valence-electron chi connectivity index (χ0n) is 25.9. The van der Waals surface area contributed by atoms with Crippen LogP contribution in [0, 0.1) is 22.7 Å². The summed E-state index contributed by atoms with van der Waals surface area (Å²) in [7, 11) is 0. The number of aromatic hydroxyl groups is 1. The molecule has 2 aliphatic carbocycles. The molecule has 0 aromatic carbocycles. The van der Waals surface area contributed by atoms with E-state index in [4.69, 9.17) is 20.5 Å². The molecule has 0 unspecified atom stereocenters. The van der Waals surface area contributed by atoms with Crippen LogP contribution < -0.4 is 21.7 Å². The molecule has 9 rings (SSSR count). The number of thiophene rings is 2. The standard InChI is InChI=1S/C18H13N7O2S.C15H11N5OS/c19-7-11-3-4-14(28-11)12-6-15(21-10-1-2-10)25-16(22-12)9(8-20-25)5-13-17(26)24-18(27)23-13;16-6-11-3-4-13(22-11)12-5-14(18-10-1-2-10)20-15(19-12)9(8-21)7-17-20/h3-6,8,10,26H,1-2H2,(H2,23,24,27);3-5,7-8,10,18H,1-2H2. The van der Waals surface area contributed by atoms with Crippen molar-refractivity contribution in [1.29, 1.82) is 10.5 Å². The predicted molar refractivity (Wildman–Crippen MR) is 185 cm³/mol. The number of nitrogens with one attached hydrogen (secondary N) is 3. The monoisotopic (exact) mass is 700 g/mol.